The second-order valence-corrected chi connectivity index (χ2v) is 5.77. The lowest BCUT2D eigenvalue weighted by Gasteiger charge is -2.10. The Labute approximate surface area is 133 Å². The van der Waals surface area contributed by atoms with Gasteiger partial charge in [0.2, 0.25) is 0 Å². The molecule has 6 heteroatoms. The third kappa shape index (κ3) is 4.54. The molecule has 0 aliphatic heterocycles. The summed E-state index contributed by atoms with van der Waals surface area (Å²) in [5.74, 6) is 0.890. The van der Waals surface area contributed by atoms with E-state index in [0.29, 0.717) is 13.2 Å². The zero-order chi connectivity index (χ0) is 15.2. The van der Waals surface area contributed by atoms with Crippen LogP contribution in [-0.2, 0) is 13.1 Å². The van der Waals surface area contributed by atoms with Crippen molar-refractivity contribution in [3.8, 4) is 5.75 Å². The van der Waals surface area contributed by atoms with Gasteiger partial charge in [-0.25, -0.2) is 4.68 Å². The highest BCUT2D eigenvalue weighted by atomic mass is 79.9. The summed E-state index contributed by atoms with van der Waals surface area (Å²) in [5, 5.41) is 11.4. The minimum Gasteiger partial charge on any atom is -0.492 e. The lowest BCUT2D eigenvalue weighted by Crippen LogP contribution is -2.12. The number of hydrogen-bond donors (Lipinski definition) is 1. The van der Waals surface area contributed by atoms with Crippen LogP contribution in [0.2, 0.25) is 0 Å². The predicted molar refractivity (Wildman–Crippen MR) is 86.5 cm³/mol. The zero-order valence-corrected chi connectivity index (χ0v) is 14.3. The average molecular weight is 353 g/mol. The van der Waals surface area contributed by atoms with E-state index in [1.807, 2.05) is 23.0 Å². The maximum Gasteiger partial charge on any atom is 0.119 e. The molecule has 1 heterocycles. The molecule has 0 unspecified atom stereocenters. The summed E-state index contributed by atoms with van der Waals surface area (Å²) < 4.78 is 8.74. The normalized spacial score (nSPS) is 10.9. The Morgan fingerprint density at radius 2 is 2.00 bits per heavy atom. The second-order valence-electron chi connectivity index (χ2n) is 4.97. The SMILES string of the molecule is CCNCc1cn(CCOc2cc(C)c(Br)c(C)c2)nn1. The first-order chi connectivity index (χ1) is 10.1. The van der Waals surface area contributed by atoms with E-state index < -0.39 is 0 Å². The van der Waals surface area contributed by atoms with Crippen LogP contribution in [0.25, 0.3) is 0 Å². The monoisotopic (exact) mass is 352 g/mol. The van der Waals surface area contributed by atoms with Crippen molar-refractivity contribution in [2.24, 2.45) is 0 Å². The highest BCUT2D eigenvalue weighted by molar-refractivity contribution is 9.10. The Bertz CT molecular complexity index is 574. The number of nitrogens with one attached hydrogen (secondary N) is 1. The molecule has 0 saturated heterocycles. The maximum absolute atomic E-state index is 5.79. The van der Waals surface area contributed by atoms with E-state index in [1.54, 1.807) is 0 Å². The number of ether oxygens (including phenoxy) is 1. The summed E-state index contributed by atoms with van der Waals surface area (Å²) in [4.78, 5) is 0. The Hall–Kier alpha value is -1.40. The average Bonchev–Trinajstić information content (AvgIpc) is 2.90. The lowest BCUT2D eigenvalue weighted by atomic mass is 10.1. The molecule has 1 aromatic carbocycles. The van der Waals surface area contributed by atoms with Crippen molar-refractivity contribution in [3.63, 3.8) is 0 Å². The Balaban J connectivity index is 1.85. The first-order valence-corrected chi connectivity index (χ1v) is 7.88. The first-order valence-electron chi connectivity index (χ1n) is 7.09. The smallest absolute Gasteiger partial charge is 0.119 e. The van der Waals surface area contributed by atoms with Gasteiger partial charge in [0.1, 0.15) is 12.4 Å². The molecule has 2 aromatic rings. The molecule has 0 saturated carbocycles. The summed E-state index contributed by atoms with van der Waals surface area (Å²) in [6.07, 6.45) is 1.95. The van der Waals surface area contributed by atoms with Crippen LogP contribution in [0.5, 0.6) is 5.75 Å². The molecule has 1 aromatic heterocycles. The number of nitrogens with zero attached hydrogens (tertiary/aromatic N) is 3. The van der Waals surface area contributed by atoms with Gasteiger partial charge in [0.25, 0.3) is 0 Å². The van der Waals surface area contributed by atoms with Gasteiger partial charge in [-0.05, 0) is 43.7 Å². The van der Waals surface area contributed by atoms with Gasteiger partial charge in [-0.3, -0.25) is 0 Å². The molecule has 0 aliphatic carbocycles. The third-order valence-corrected chi connectivity index (χ3v) is 4.39. The summed E-state index contributed by atoms with van der Waals surface area (Å²) in [6, 6.07) is 4.07. The van der Waals surface area contributed by atoms with Crippen LogP contribution >= 0.6 is 15.9 Å². The molecule has 1 N–H and O–H groups in total. The topological polar surface area (TPSA) is 52.0 Å². The number of aryl methyl sites for hydroxylation is 2. The molecule has 114 valence electrons. The lowest BCUT2D eigenvalue weighted by molar-refractivity contribution is 0.289. The van der Waals surface area contributed by atoms with E-state index in [0.717, 1.165) is 29.0 Å². The fraction of sp³-hybridized carbons (Fsp3) is 0.467. The maximum atomic E-state index is 5.79. The largest absolute Gasteiger partial charge is 0.492 e. The highest BCUT2D eigenvalue weighted by Crippen LogP contribution is 2.26. The van der Waals surface area contributed by atoms with Crippen LogP contribution in [-0.4, -0.2) is 28.1 Å². The third-order valence-electron chi connectivity index (χ3n) is 3.14. The van der Waals surface area contributed by atoms with E-state index in [2.05, 4.69) is 52.3 Å². The molecule has 2 rings (SSSR count). The summed E-state index contributed by atoms with van der Waals surface area (Å²) in [7, 11) is 0. The Kier molecular flexibility index (Phi) is 5.76. The quantitative estimate of drug-likeness (QED) is 0.832. The van der Waals surface area contributed by atoms with Crippen LogP contribution in [0, 0.1) is 13.8 Å². The van der Waals surface area contributed by atoms with Crippen molar-refractivity contribution in [1.29, 1.82) is 0 Å². The Morgan fingerprint density at radius 3 is 2.67 bits per heavy atom. The van der Waals surface area contributed by atoms with Crippen molar-refractivity contribution >= 4 is 15.9 Å². The van der Waals surface area contributed by atoms with E-state index in [4.69, 9.17) is 4.74 Å². The number of halogens is 1. The number of benzene rings is 1. The molecule has 21 heavy (non-hydrogen) atoms. The van der Waals surface area contributed by atoms with Gasteiger partial charge in [0.05, 0.1) is 12.2 Å². The second kappa shape index (κ2) is 7.56. The van der Waals surface area contributed by atoms with Crippen LogP contribution in [0.4, 0.5) is 0 Å². The van der Waals surface area contributed by atoms with Crippen LogP contribution in [0.1, 0.15) is 23.7 Å². The molecule has 5 nitrogen and oxygen atoms in total. The van der Waals surface area contributed by atoms with Gasteiger partial charge in [-0.2, -0.15) is 0 Å². The number of hydrogen-bond acceptors (Lipinski definition) is 4. The molecule has 0 radical (unpaired) electrons. The molecular formula is C15H21BrN4O. The first kappa shape index (κ1) is 16.0. The van der Waals surface area contributed by atoms with Crippen molar-refractivity contribution in [1.82, 2.24) is 20.3 Å². The Morgan fingerprint density at radius 1 is 1.29 bits per heavy atom. The van der Waals surface area contributed by atoms with Gasteiger partial charge < -0.3 is 10.1 Å². The molecule has 0 bridgehead atoms. The van der Waals surface area contributed by atoms with E-state index in [9.17, 15) is 0 Å². The molecule has 0 aliphatic rings. The molecule has 0 atom stereocenters. The fourth-order valence-corrected chi connectivity index (χ4v) is 2.26. The minimum absolute atomic E-state index is 0.574. The summed E-state index contributed by atoms with van der Waals surface area (Å²) in [5.41, 5.74) is 3.31. The van der Waals surface area contributed by atoms with Crippen LogP contribution < -0.4 is 10.1 Å². The van der Waals surface area contributed by atoms with Crippen molar-refractivity contribution in [3.05, 3.63) is 39.6 Å². The zero-order valence-electron chi connectivity index (χ0n) is 12.7. The van der Waals surface area contributed by atoms with Gasteiger partial charge in [-0.1, -0.05) is 28.1 Å². The molecule has 0 amide bonds. The summed E-state index contributed by atoms with van der Waals surface area (Å²) >= 11 is 3.56. The van der Waals surface area contributed by atoms with Crippen molar-refractivity contribution in [2.45, 2.75) is 33.9 Å². The van der Waals surface area contributed by atoms with Gasteiger partial charge in [0, 0.05) is 17.2 Å². The van der Waals surface area contributed by atoms with E-state index >= 15 is 0 Å². The van der Waals surface area contributed by atoms with Gasteiger partial charge >= 0.3 is 0 Å². The molecule has 0 spiro atoms. The van der Waals surface area contributed by atoms with E-state index in [1.165, 1.54) is 11.1 Å². The number of rotatable bonds is 7. The fourth-order valence-electron chi connectivity index (χ4n) is 2.03. The molecular weight excluding hydrogens is 332 g/mol. The summed E-state index contributed by atoms with van der Waals surface area (Å²) in [6.45, 7) is 9.14. The van der Waals surface area contributed by atoms with Crippen molar-refractivity contribution < 1.29 is 4.74 Å². The van der Waals surface area contributed by atoms with Crippen LogP contribution in [0.15, 0.2) is 22.8 Å². The van der Waals surface area contributed by atoms with Crippen LogP contribution in [0.3, 0.4) is 0 Å². The van der Waals surface area contributed by atoms with Gasteiger partial charge in [-0.15, -0.1) is 5.10 Å². The minimum atomic E-state index is 0.574. The standard InChI is InChI=1S/C15H21BrN4O/c1-4-17-9-13-10-20(19-18-13)5-6-21-14-7-11(2)15(16)12(3)8-14/h7-8,10,17H,4-6,9H2,1-3H3. The van der Waals surface area contributed by atoms with Crippen molar-refractivity contribution in [2.75, 3.05) is 13.2 Å². The van der Waals surface area contributed by atoms with E-state index in [-0.39, 0.29) is 0 Å². The predicted octanol–water partition coefficient (Wildman–Crippen LogP) is 2.85. The van der Waals surface area contributed by atoms with Gasteiger partial charge in [0.15, 0.2) is 0 Å². The highest BCUT2D eigenvalue weighted by Gasteiger charge is 2.04. The molecule has 0 fully saturated rings. The number of aromatic nitrogens is 3.